The number of nitrogens with one attached hydrogen (secondary N) is 1. The second-order valence-corrected chi connectivity index (χ2v) is 2.07. The molecule has 1 rings (SSSR count). The molecule has 1 N–H and O–H groups in total. The first-order chi connectivity index (χ1) is 6.72. The Kier molecular flexibility index (Phi) is 12.2. The number of rotatable bonds is 1. The minimum atomic E-state index is 0.903. The van der Waals surface area contributed by atoms with E-state index in [1.165, 1.54) is 6.20 Å². The molecule has 0 radical (unpaired) electrons. The molecular weight excluding hydrogens is 172 g/mol. The summed E-state index contributed by atoms with van der Waals surface area (Å²) in [5.41, 5.74) is 0. The molecule has 0 bridgehead atoms. The van der Waals surface area contributed by atoms with Gasteiger partial charge in [-0.05, 0) is 18.2 Å². The van der Waals surface area contributed by atoms with Crippen LogP contribution in [0.4, 0.5) is 0 Å². The Hall–Kier alpha value is -1.57. The van der Waals surface area contributed by atoms with E-state index in [-0.39, 0.29) is 0 Å². The topological polar surface area (TPSA) is 28.1 Å². The summed E-state index contributed by atoms with van der Waals surface area (Å²) in [4.78, 5) is 6.51. The molecule has 0 saturated carbocycles. The quantitative estimate of drug-likeness (QED) is 0.660. The van der Waals surface area contributed by atoms with E-state index < -0.39 is 0 Å². The van der Waals surface area contributed by atoms with E-state index >= 15 is 0 Å². The molecule has 0 spiro atoms. The summed E-state index contributed by atoms with van der Waals surface area (Å²) in [6.45, 7) is 16.5. The van der Waals surface area contributed by atoms with Gasteiger partial charge in [0.15, 0.2) is 0 Å². The van der Waals surface area contributed by atoms with Crippen molar-refractivity contribution in [2.24, 2.45) is 4.99 Å². The van der Waals surface area contributed by atoms with Gasteiger partial charge in [0.05, 0.1) is 0 Å². The van der Waals surface area contributed by atoms with Crippen LogP contribution >= 0.6 is 0 Å². The number of aromatic amines is 1. The van der Waals surface area contributed by atoms with E-state index in [1.807, 2.05) is 33.0 Å². The number of aromatic nitrogens is 1. The molecule has 1 heterocycles. The van der Waals surface area contributed by atoms with Crippen molar-refractivity contribution < 1.29 is 0 Å². The number of aliphatic imine (C=N–C) groups is 1. The van der Waals surface area contributed by atoms with Crippen molar-refractivity contribution >= 4 is 19.4 Å². The average Bonchev–Trinajstić information content (AvgIpc) is 2.57. The highest BCUT2D eigenvalue weighted by atomic mass is 14.6. The summed E-state index contributed by atoms with van der Waals surface area (Å²) >= 11 is 0. The van der Waals surface area contributed by atoms with Gasteiger partial charge >= 0.3 is 0 Å². The largest absolute Gasteiger partial charge is 0.362 e. The molecular formula is C12H20N2. The molecule has 2 nitrogen and oxygen atoms in total. The average molecular weight is 192 g/mol. The van der Waals surface area contributed by atoms with Gasteiger partial charge in [0.2, 0.25) is 0 Å². The Morgan fingerprint density at radius 3 is 2.00 bits per heavy atom. The number of hydrogen-bond donors (Lipinski definition) is 1. The van der Waals surface area contributed by atoms with Crippen LogP contribution in [-0.4, -0.2) is 11.2 Å². The molecule has 0 fully saturated rings. The van der Waals surface area contributed by atoms with E-state index in [4.69, 9.17) is 0 Å². The lowest BCUT2D eigenvalue weighted by molar-refractivity contribution is 1.33. The maximum Gasteiger partial charge on any atom is 0.0374 e. The Morgan fingerprint density at radius 2 is 1.93 bits per heavy atom. The Balaban J connectivity index is 0. The fraction of sp³-hybridized carbons (Fsp3) is 0.250. The van der Waals surface area contributed by atoms with Gasteiger partial charge in [0.25, 0.3) is 0 Å². The van der Waals surface area contributed by atoms with E-state index in [9.17, 15) is 0 Å². The molecule has 1 aromatic heterocycles. The van der Waals surface area contributed by atoms with Crippen molar-refractivity contribution in [2.75, 3.05) is 0 Å². The molecule has 0 atom stereocenters. The highest BCUT2D eigenvalue weighted by molar-refractivity contribution is 5.53. The normalized spacial score (nSPS) is 8.21. The molecule has 1 aromatic rings. The highest BCUT2D eigenvalue weighted by Crippen LogP contribution is 1.57. The van der Waals surface area contributed by atoms with Gasteiger partial charge in [-0.25, -0.2) is 0 Å². The zero-order valence-corrected chi connectivity index (χ0v) is 9.38. The molecule has 0 saturated heterocycles. The monoisotopic (exact) mass is 192 g/mol. The molecule has 0 aliphatic heterocycles. The van der Waals surface area contributed by atoms with Gasteiger partial charge in [-0.3, -0.25) is 4.99 Å². The van der Waals surface area contributed by atoms with Crippen LogP contribution in [-0.2, 0) is 0 Å². The predicted molar refractivity (Wildman–Crippen MR) is 66.8 cm³/mol. The Morgan fingerprint density at radius 1 is 1.36 bits per heavy atom. The zero-order valence-electron chi connectivity index (χ0n) is 9.38. The summed E-state index contributed by atoms with van der Waals surface area (Å²) in [7, 11) is 0. The molecule has 0 aliphatic rings. The SMILES string of the molecule is C=CN=CC.C=c1cc[nH]c1=C.CC. The molecule has 0 unspecified atom stereocenters. The van der Waals surface area contributed by atoms with E-state index in [0.717, 1.165) is 10.6 Å². The van der Waals surface area contributed by atoms with Crippen molar-refractivity contribution in [1.29, 1.82) is 0 Å². The van der Waals surface area contributed by atoms with Gasteiger partial charge < -0.3 is 4.98 Å². The van der Waals surface area contributed by atoms with Crippen LogP contribution in [0.2, 0.25) is 0 Å². The van der Waals surface area contributed by atoms with Crippen molar-refractivity contribution in [3.8, 4) is 0 Å². The van der Waals surface area contributed by atoms with E-state index in [0.29, 0.717) is 0 Å². The lowest BCUT2D eigenvalue weighted by Gasteiger charge is -1.62. The highest BCUT2D eigenvalue weighted by Gasteiger charge is 1.71. The summed E-state index contributed by atoms with van der Waals surface area (Å²) in [6.07, 6.45) is 5.01. The standard InChI is InChI=1S/C6H7N.C4H7N.C2H6/c1-5-3-4-7-6(5)2;1-3-5-4-2;1-2/h3-4,7H,1-2H2;3-4H,1H2,2H3;1-2H3. The summed E-state index contributed by atoms with van der Waals surface area (Å²) in [5, 5.41) is 1.88. The van der Waals surface area contributed by atoms with Crippen LogP contribution in [0.15, 0.2) is 30.0 Å². The summed E-state index contributed by atoms with van der Waals surface area (Å²) in [6, 6.07) is 1.89. The number of H-pyrrole nitrogens is 1. The summed E-state index contributed by atoms with van der Waals surface area (Å²) < 4.78 is 0. The van der Waals surface area contributed by atoms with Crippen LogP contribution in [0.1, 0.15) is 20.8 Å². The third kappa shape index (κ3) is 8.53. The lowest BCUT2D eigenvalue weighted by atomic mass is 10.5. The number of hydrogen-bond acceptors (Lipinski definition) is 1. The molecule has 2 heteroatoms. The van der Waals surface area contributed by atoms with Crippen LogP contribution in [0, 0.1) is 0 Å². The predicted octanol–water partition coefficient (Wildman–Crippen LogP) is 2.08. The Labute approximate surface area is 86.4 Å². The van der Waals surface area contributed by atoms with Crippen molar-refractivity contribution in [1.82, 2.24) is 4.98 Å². The maximum absolute atomic E-state index is 3.69. The second kappa shape index (κ2) is 11.4. The van der Waals surface area contributed by atoms with Gasteiger partial charge in [0.1, 0.15) is 0 Å². The van der Waals surface area contributed by atoms with Gasteiger partial charge in [-0.2, -0.15) is 0 Å². The molecule has 78 valence electrons. The van der Waals surface area contributed by atoms with Crippen molar-refractivity contribution in [2.45, 2.75) is 20.8 Å². The first-order valence-electron chi connectivity index (χ1n) is 4.62. The van der Waals surface area contributed by atoms with Gasteiger partial charge in [-0.15, -0.1) is 0 Å². The van der Waals surface area contributed by atoms with Gasteiger partial charge in [-0.1, -0.05) is 33.6 Å². The zero-order chi connectivity index (χ0) is 11.4. The fourth-order valence-electron chi connectivity index (χ4n) is 0.542. The minimum absolute atomic E-state index is 0.903. The molecule has 0 aromatic carbocycles. The fourth-order valence-corrected chi connectivity index (χ4v) is 0.542. The van der Waals surface area contributed by atoms with Crippen LogP contribution in [0.3, 0.4) is 0 Å². The van der Waals surface area contributed by atoms with Crippen LogP contribution < -0.4 is 10.6 Å². The minimum Gasteiger partial charge on any atom is -0.362 e. The number of nitrogens with zero attached hydrogens (tertiary/aromatic N) is 1. The first kappa shape index (κ1) is 14.9. The van der Waals surface area contributed by atoms with Crippen molar-refractivity contribution in [3.63, 3.8) is 0 Å². The third-order valence-corrected chi connectivity index (χ3v) is 1.18. The third-order valence-electron chi connectivity index (χ3n) is 1.18. The molecule has 0 aliphatic carbocycles. The smallest absolute Gasteiger partial charge is 0.0374 e. The second-order valence-electron chi connectivity index (χ2n) is 2.07. The summed E-state index contributed by atoms with van der Waals surface area (Å²) in [5.74, 6) is 0. The first-order valence-corrected chi connectivity index (χ1v) is 4.62. The van der Waals surface area contributed by atoms with E-state index in [1.54, 1.807) is 6.21 Å². The molecule has 0 amide bonds. The van der Waals surface area contributed by atoms with Crippen LogP contribution in [0.5, 0.6) is 0 Å². The lowest BCUT2D eigenvalue weighted by Crippen LogP contribution is -2.17. The van der Waals surface area contributed by atoms with Gasteiger partial charge in [0, 0.05) is 24.0 Å². The van der Waals surface area contributed by atoms with E-state index in [2.05, 4.69) is 29.7 Å². The maximum atomic E-state index is 3.69. The Bertz CT molecular complexity index is 309. The van der Waals surface area contributed by atoms with Crippen molar-refractivity contribution in [3.05, 3.63) is 35.6 Å². The molecule has 14 heavy (non-hydrogen) atoms. The van der Waals surface area contributed by atoms with Crippen LogP contribution in [0.25, 0.3) is 13.2 Å².